The van der Waals surface area contributed by atoms with Crippen LogP contribution < -0.4 is 4.74 Å². The number of ether oxygens (including phenoxy) is 1. The first-order valence-corrected chi connectivity index (χ1v) is 9.20. The average Bonchev–Trinajstić information content (AvgIpc) is 2.98. The molecule has 2 heterocycles. The van der Waals surface area contributed by atoms with Crippen molar-refractivity contribution in [1.29, 1.82) is 0 Å². The first-order chi connectivity index (χ1) is 13.7. The van der Waals surface area contributed by atoms with Gasteiger partial charge in [-0.15, -0.1) is 0 Å². The largest absolute Gasteiger partial charge is 0.483 e. The fourth-order valence-electron chi connectivity index (χ4n) is 3.93. The van der Waals surface area contributed by atoms with Gasteiger partial charge in [0.2, 0.25) is 0 Å². The maximum absolute atomic E-state index is 13.2. The number of nitro groups is 1. The highest BCUT2D eigenvalue weighted by atomic mass is 16.6. The molecule has 1 amide bonds. The summed E-state index contributed by atoms with van der Waals surface area (Å²) in [5.41, 5.74) is 2.25. The molecule has 0 aromatic heterocycles. The summed E-state index contributed by atoms with van der Waals surface area (Å²) in [6.45, 7) is 4.17. The Labute approximate surface area is 167 Å². The van der Waals surface area contributed by atoms with Crippen LogP contribution in [-0.4, -0.2) is 45.2 Å². The van der Waals surface area contributed by atoms with Crippen molar-refractivity contribution in [2.75, 3.05) is 13.6 Å². The van der Waals surface area contributed by atoms with Crippen LogP contribution >= 0.6 is 0 Å². The lowest BCUT2D eigenvalue weighted by molar-refractivity contribution is -0.384. The van der Waals surface area contributed by atoms with Crippen molar-refractivity contribution in [1.82, 2.24) is 9.96 Å². The molecular formula is C21H21N3O5. The highest BCUT2D eigenvalue weighted by molar-refractivity contribution is 6.04. The van der Waals surface area contributed by atoms with Crippen LogP contribution in [0.1, 0.15) is 35.3 Å². The molecule has 0 saturated carbocycles. The van der Waals surface area contributed by atoms with Crippen molar-refractivity contribution in [2.45, 2.75) is 26.0 Å². The normalized spacial score (nSPS) is 17.3. The van der Waals surface area contributed by atoms with Gasteiger partial charge < -0.3 is 14.8 Å². The van der Waals surface area contributed by atoms with Gasteiger partial charge in [-0.3, -0.25) is 14.9 Å². The summed E-state index contributed by atoms with van der Waals surface area (Å²) in [6, 6.07) is 11.7. The minimum absolute atomic E-state index is 0.0922. The maximum Gasteiger partial charge on any atom is 0.270 e. The van der Waals surface area contributed by atoms with E-state index in [1.165, 1.54) is 19.2 Å². The van der Waals surface area contributed by atoms with Crippen molar-refractivity contribution in [3.8, 4) is 5.75 Å². The first kappa shape index (κ1) is 19.1. The predicted octanol–water partition coefficient (Wildman–Crippen LogP) is 3.45. The van der Waals surface area contributed by atoms with E-state index in [0.29, 0.717) is 34.7 Å². The second-order valence-electron chi connectivity index (χ2n) is 7.74. The number of benzene rings is 2. The third-order valence-electron chi connectivity index (χ3n) is 5.29. The number of hydroxylamine groups is 2. The van der Waals surface area contributed by atoms with E-state index >= 15 is 0 Å². The molecule has 0 atom stereocenters. The molecule has 2 aromatic rings. The standard InChI is InChI=1S/C21H21N3O5/c1-21(2)17(12-22(3)26)19(16-10-14(24(27)28)8-9-18(16)29-21)23-11-13-6-4-5-7-15(13)20(23)25/h4-10,26H,11-12H2,1-3H3. The lowest BCUT2D eigenvalue weighted by Gasteiger charge is -2.40. The Hall–Kier alpha value is -3.23. The number of hydrogen-bond acceptors (Lipinski definition) is 6. The van der Waals surface area contributed by atoms with Gasteiger partial charge in [0.25, 0.3) is 11.6 Å². The zero-order chi connectivity index (χ0) is 20.9. The van der Waals surface area contributed by atoms with E-state index in [9.17, 15) is 20.1 Å². The third kappa shape index (κ3) is 3.16. The second-order valence-corrected chi connectivity index (χ2v) is 7.74. The van der Waals surface area contributed by atoms with Crippen LogP contribution in [0.3, 0.4) is 0 Å². The molecule has 8 heteroatoms. The fourth-order valence-corrected chi connectivity index (χ4v) is 3.93. The monoisotopic (exact) mass is 395 g/mol. The number of likely N-dealkylation sites (N-methyl/N-ethyl adjacent to an activating group) is 1. The Morgan fingerprint density at radius 3 is 2.62 bits per heavy atom. The average molecular weight is 395 g/mol. The van der Waals surface area contributed by atoms with Gasteiger partial charge in [0, 0.05) is 35.9 Å². The summed E-state index contributed by atoms with van der Waals surface area (Å²) in [6.07, 6.45) is 0. The highest BCUT2D eigenvalue weighted by Crippen LogP contribution is 2.45. The molecule has 0 unspecified atom stereocenters. The molecule has 8 nitrogen and oxygen atoms in total. The smallest absolute Gasteiger partial charge is 0.270 e. The SMILES string of the molecule is CN(O)CC1=C(N2Cc3ccccc3C2=O)c2cc([N+](=O)[O-])ccc2OC1(C)C. The van der Waals surface area contributed by atoms with Crippen LogP contribution in [0, 0.1) is 10.1 Å². The molecule has 0 saturated heterocycles. The van der Waals surface area contributed by atoms with Gasteiger partial charge >= 0.3 is 0 Å². The number of carbonyl (C=O) groups excluding carboxylic acids is 1. The number of fused-ring (bicyclic) bond motifs is 2. The van der Waals surface area contributed by atoms with E-state index < -0.39 is 10.5 Å². The van der Waals surface area contributed by atoms with Gasteiger partial charge in [-0.1, -0.05) is 18.2 Å². The van der Waals surface area contributed by atoms with E-state index in [1.54, 1.807) is 17.0 Å². The second kappa shape index (κ2) is 6.68. The number of non-ortho nitro benzene ring substituents is 1. The third-order valence-corrected chi connectivity index (χ3v) is 5.29. The molecule has 0 bridgehead atoms. The zero-order valence-corrected chi connectivity index (χ0v) is 16.4. The van der Waals surface area contributed by atoms with E-state index in [0.717, 1.165) is 10.6 Å². The van der Waals surface area contributed by atoms with Gasteiger partial charge in [0.15, 0.2) is 0 Å². The summed E-state index contributed by atoms with van der Waals surface area (Å²) in [5.74, 6) is 0.285. The number of nitro benzene ring substituents is 1. The lowest BCUT2D eigenvalue weighted by atomic mass is 9.88. The van der Waals surface area contributed by atoms with Gasteiger partial charge in [0.05, 0.1) is 23.7 Å². The Morgan fingerprint density at radius 2 is 1.97 bits per heavy atom. The summed E-state index contributed by atoms with van der Waals surface area (Å²) >= 11 is 0. The van der Waals surface area contributed by atoms with Crippen molar-refractivity contribution in [3.05, 3.63) is 74.8 Å². The topological polar surface area (TPSA) is 96.2 Å². The molecule has 0 fully saturated rings. The van der Waals surface area contributed by atoms with Crippen molar-refractivity contribution in [3.63, 3.8) is 0 Å². The van der Waals surface area contributed by atoms with Gasteiger partial charge in [0.1, 0.15) is 11.4 Å². The summed E-state index contributed by atoms with van der Waals surface area (Å²) in [5, 5.41) is 22.3. The van der Waals surface area contributed by atoms with Gasteiger partial charge in [-0.2, -0.15) is 5.06 Å². The Morgan fingerprint density at radius 1 is 1.24 bits per heavy atom. The molecule has 0 aliphatic carbocycles. The van der Waals surface area contributed by atoms with Crippen molar-refractivity contribution < 1.29 is 19.7 Å². The minimum Gasteiger partial charge on any atom is -0.483 e. The molecule has 1 N–H and O–H groups in total. The molecule has 29 heavy (non-hydrogen) atoms. The molecule has 150 valence electrons. The van der Waals surface area contributed by atoms with Crippen molar-refractivity contribution >= 4 is 17.3 Å². The number of amides is 1. The van der Waals surface area contributed by atoms with Crippen LogP contribution in [0.5, 0.6) is 5.75 Å². The summed E-state index contributed by atoms with van der Waals surface area (Å²) < 4.78 is 6.11. The number of nitrogens with zero attached hydrogens (tertiary/aromatic N) is 3. The quantitative estimate of drug-likeness (QED) is 0.629. The zero-order valence-electron chi connectivity index (χ0n) is 16.4. The molecule has 0 spiro atoms. The van der Waals surface area contributed by atoms with Gasteiger partial charge in [-0.05, 0) is 31.5 Å². The van der Waals surface area contributed by atoms with E-state index in [2.05, 4.69) is 0 Å². The Bertz CT molecular complexity index is 1060. The van der Waals surface area contributed by atoms with Crippen LogP contribution in [0.2, 0.25) is 0 Å². The summed E-state index contributed by atoms with van der Waals surface area (Å²) in [7, 11) is 1.50. The molecule has 4 rings (SSSR count). The number of rotatable bonds is 4. The van der Waals surface area contributed by atoms with E-state index in [-0.39, 0.29) is 18.1 Å². The molecular weight excluding hydrogens is 374 g/mol. The Balaban J connectivity index is 1.95. The molecule has 2 aromatic carbocycles. The number of carbonyl (C=O) groups is 1. The minimum atomic E-state index is -0.829. The van der Waals surface area contributed by atoms with E-state index in [1.807, 2.05) is 32.0 Å². The fraction of sp³-hybridized carbons (Fsp3) is 0.286. The van der Waals surface area contributed by atoms with Gasteiger partial charge in [-0.25, -0.2) is 0 Å². The highest BCUT2D eigenvalue weighted by Gasteiger charge is 2.41. The van der Waals surface area contributed by atoms with Crippen LogP contribution in [0.25, 0.3) is 5.70 Å². The van der Waals surface area contributed by atoms with Crippen LogP contribution in [0.4, 0.5) is 5.69 Å². The molecule has 2 aliphatic heterocycles. The predicted molar refractivity (Wildman–Crippen MR) is 105 cm³/mol. The molecule has 2 aliphatic rings. The van der Waals surface area contributed by atoms with Crippen LogP contribution in [-0.2, 0) is 6.54 Å². The van der Waals surface area contributed by atoms with Crippen LogP contribution in [0.15, 0.2) is 48.0 Å². The Kier molecular flexibility index (Phi) is 4.40. The molecule has 0 radical (unpaired) electrons. The lowest BCUT2D eigenvalue weighted by Crippen LogP contribution is -2.42. The summed E-state index contributed by atoms with van der Waals surface area (Å²) in [4.78, 5) is 25.7. The maximum atomic E-state index is 13.2. The van der Waals surface area contributed by atoms with E-state index in [4.69, 9.17) is 4.74 Å². The first-order valence-electron chi connectivity index (χ1n) is 9.20. The number of hydrogen-bond donors (Lipinski definition) is 1. The van der Waals surface area contributed by atoms with Crippen molar-refractivity contribution in [2.24, 2.45) is 0 Å².